The number of carbonyl (C=O) groups excluding carboxylic acids is 1. The molecule has 1 unspecified atom stereocenters. The van der Waals surface area contributed by atoms with E-state index in [1.807, 2.05) is 45.0 Å². The number of hydrogen-bond acceptors (Lipinski definition) is 2. The largest absolute Gasteiger partial charge is 0.350 e. The van der Waals surface area contributed by atoms with Gasteiger partial charge in [0, 0.05) is 10.6 Å². The van der Waals surface area contributed by atoms with Crippen molar-refractivity contribution >= 4 is 17.5 Å². The van der Waals surface area contributed by atoms with Gasteiger partial charge in [-0.2, -0.15) is 0 Å². The number of nitrogens with one attached hydrogen (secondary N) is 1. The molecule has 0 saturated carbocycles. The third-order valence-electron chi connectivity index (χ3n) is 2.99. The Morgan fingerprint density at radius 3 is 2.63 bits per heavy atom. The molecular weight excluding hydrogens is 260 g/mol. The molecule has 3 N–H and O–H groups in total. The van der Waals surface area contributed by atoms with Crippen molar-refractivity contribution < 1.29 is 4.79 Å². The van der Waals surface area contributed by atoms with Crippen LogP contribution in [0.4, 0.5) is 0 Å². The summed E-state index contributed by atoms with van der Waals surface area (Å²) in [7, 11) is 0. The number of hydrogen-bond donors (Lipinski definition) is 2. The summed E-state index contributed by atoms with van der Waals surface area (Å²) in [6.07, 6.45) is 2.28. The van der Waals surface area contributed by atoms with Crippen molar-refractivity contribution in [3.05, 3.63) is 34.9 Å². The first-order valence-electron chi connectivity index (χ1n) is 6.66. The van der Waals surface area contributed by atoms with Crippen LogP contribution in [0, 0.1) is 0 Å². The van der Waals surface area contributed by atoms with E-state index in [2.05, 4.69) is 5.32 Å². The van der Waals surface area contributed by atoms with Crippen LogP contribution in [-0.2, 0) is 11.2 Å². The Kier molecular flexibility index (Phi) is 5.83. The van der Waals surface area contributed by atoms with Crippen LogP contribution in [0.2, 0.25) is 5.02 Å². The summed E-state index contributed by atoms with van der Waals surface area (Å²) in [5.41, 5.74) is 6.48. The number of amides is 1. The van der Waals surface area contributed by atoms with Crippen molar-refractivity contribution in [3.63, 3.8) is 0 Å². The van der Waals surface area contributed by atoms with Crippen LogP contribution < -0.4 is 11.1 Å². The molecule has 0 fully saturated rings. The molecule has 1 amide bonds. The Morgan fingerprint density at radius 1 is 1.42 bits per heavy atom. The van der Waals surface area contributed by atoms with Crippen molar-refractivity contribution in [1.82, 2.24) is 5.32 Å². The fourth-order valence-electron chi connectivity index (χ4n) is 2.03. The van der Waals surface area contributed by atoms with E-state index < -0.39 is 6.04 Å². The fourth-order valence-corrected chi connectivity index (χ4v) is 2.23. The molecule has 1 atom stereocenters. The van der Waals surface area contributed by atoms with E-state index in [4.69, 9.17) is 17.3 Å². The average molecular weight is 283 g/mol. The molecule has 0 heterocycles. The standard InChI is InChI=1S/C15H23ClN2O/c1-4-7-13(17)14(19)18-15(2,3)10-11-8-5-6-9-12(11)16/h5-6,8-9,13H,4,7,10,17H2,1-3H3,(H,18,19). The second-order valence-electron chi connectivity index (χ2n) is 5.54. The van der Waals surface area contributed by atoms with E-state index >= 15 is 0 Å². The highest BCUT2D eigenvalue weighted by Crippen LogP contribution is 2.20. The summed E-state index contributed by atoms with van der Waals surface area (Å²) in [4.78, 5) is 12.0. The lowest BCUT2D eigenvalue weighted by Crippen LogP contribution is -2.51. The molecule has 3 nitrogen and oxygen atoms in total. The minimum absolute atomic E-state index is 0.0982. The first kappa shape index (κ1) is 16.0. The van der Waals surface area contributed by atoms with Crippen LogP contribution >= 0.6 is 11.6 Å². The summed E-state index contributed by atoms with van der Waals surface area (Å²) in [6.45, 7) is 5.97. The Bertz CT molecular complexity index is 432. The Balaban J connectivity index is 2.66. The van der Waals surface area contributed by atoms with E-state index in [0.717, 1.165) is 17.0 Å². The average Bonchev–Trinajstić information content (AvgIpc) is 2.31. The van der Waals surface area contributed by atoms with Crippen molar-refractivity contribution in [2.24, 2.45) is 5.73 Å². The minimum Gasteiger partial charge on any atom is -0.350 e. The molecular formula is C15H23ClN2O. The third kappa shape index (κ3) is 5.21. The predicted octanol–water partition coefficient (Wildman–Crippen LogP) is 2.90. The molecule has 0 saturated heterocycles. The second kappa shape index (κ2) is 6.92. The highest BCUT2D eigenvalue weighted by molar-refractivity contribution is 6.31. The number of rotatable bonds is 6. The van der Waals surface area contributed by atoms with Gasteiger partial charge in [-0.05, 0) is 38.3 Å². The molecule has 1 aromatic rings. The van der Waals surface area contributed by atoms with E-state index in [9.17, 15) is 4.79 Å². The maximum atomic E-state index is 12.0. The third-order valence-corrected chi connectivity index (χ3v) is 3.36. The van der Waals surface area contributed by atoms with Gasteiger partial charge in [-0.3, -0.25) is 4.79 Å². The summed E-state index contributed by atoms with van der Waals surface area (Å²) in [5.74, 6) is -0.0982. The molecule has 1 rings (SSSR count). The molecule has 0 radical (unpaired) electrons. The summed E-state index contributed by atoms with van der Waals surface area (Å²) in [5, 5.41) is 3.72. The highest BCUT2D eigenvalue weighted by Gasteiger charge is 2.24. The predicted molar refractivity (Wildman–Crippen MR) is 80.3 cm³/mol. The van der Waals surface area contributed by atoms with Crippen molar-refractivity contribution in [2.75, 3.05) is 0 Å². The molecule has 1 aromatic carbocycles. The van der Waals surface area contributed by atoms with Crippen LogP contribution in [-0.4, -0.2) is 17.5 Å². The topological polar surface area (TPSA) is 55.1 Å². The van der Waals surface area contributed by atoms with Gasteiger partial charge in [0.25, 0.3) is 0 Å². The molecule has 0 aliphatic heterocycles. The minimum atomic E-state index is -0.435. The first-order chi connectivity index (χ1) is 8.85. The molecule has 106 valence electrons. The number of benzene rings is 1. The maximum Gasteiger partial charge on any atom is 0.237 e. The van der Waals surface area contributed by atoms with E-state index in [0.29, 0.717) is 12.8 Å². The van der Waals surface area contributed by atoms with Crippen LogP contribution in [0.15, 0.2) is 24.3 Å². The SMILES string of the molecule is CCCC(N)C(=O)NC(C)(C)Cc1ccccc1Cl. The Hall–Kier alpha value is -1.06. The number of halogens is 1. The summed E-state index contributed by atoms with van der Waals surface area (Å²) in [6, 6.07) is 7.24. The Labute approximate surface area is 120 Å². The number of carbonyl (C=O) groups is 1. The zero-order valence-electron chi connectivity index (χ0n) is 11.9. The lowest BCUT2D eigenvalue weighted by molar-refractivity contribution is -0.124. The molecule has 4 heteroatoms. The molecule has 0 aliphatic rings. The van der Waals surface area contributed by atoms with Gasteiger partial charge in [0.05, 0.1) is 6.04 Å². The summed E-state index contributed by atoms with van der Waals surface area (Å²) < 4.78 is 0. The fraction of sp³-hybridized carbons (Fsp3) is 0.533. The normalized spacial score (nSPS) is 13.1. The molecule has 0 aliphatic carbocycles. The second-order valence-corrected chi connectivity index (χ2v) is 5.94. The zero-order valence-corrected chi connectivity index (χ0v) is 12.6. The van der Waals surface area contributed by atoms with Gasteiger partial charge in [-0.25, -0.2) is 0 Å². The summed E-state index contributed by atoms with van der Waals surface area (Å²) >= 11 is 6.14. The van der Waals surface area contributed by atoms with Crippen LogP contribution in [0.1, 0.15) is 39.2 Å². The van der Waals surface area contributed by atoms with Crippen LogP contribution in [0.5, 0.6) is 0 Å². The zero-order chi connectivity index (χ0) is 14.5. The smallest absolute Gasteiger partial charge is 0.237 e. The van der Waals surface area contributed by atoms with Gasteiger partial charge in [0.2, 0.25) is 5.91 Å². The van der Waals surface area contributed by atoms with Gasteiger partial charge < -0.3 is 11.1 Å². The molecule has 0 spiro atoms. The molecule has 0 aromatic heterocycles. The van der Waals surface area contributed by atoms with Gasteiger partial charge in [0.15, 0.2) is 0 Å². The highest BCUT2D eigenvalue weighted by atomic mass is 35.5. The van der Waals surface area contributed by atoms with Crippen molar-refractivity contribution in [3.8, 4) is 0 Å². The van der Waals surface area contributed by atoms with Crippen LogP contribution in [0.3, 0.4) is 0 Å². The number of nitrogens with two attached hydrogens (primary N) is 1. The van der Waals surface area contributed by atoms with E-state index in [1.54, 1.807) is 0 Å². The lowest BCUT2D eigenvalue weighted by Gasteiger charge is -2.28. The van der Waals surface area contributed by atoms with Crippen molar-refractivity contribution in [1.29, 1.82) is 0 Å². The Morgan fingerprint density at radius 2 is 2.05 bits per heavy atom. The van der Waals surface area contributed by atoms with Gasteiger partial charge >= 0.3 is 0 Å². The van der Waals surface area contributed by atoms with Gasteiger partial charge in [-0.15, -0.1) is 0 Å². The van der Waals surface area contributed by atoms with Crippen LogP contribution in [0.25, 0.3) is 0 Å². The van der Waals surface area contributed by atoms with E-state index in [-0.39, 0.29) is 11.4 Å². The first-order valence-corrected chi connectivity index (χ1v) is 7.04. The maximum absolute atomic E-state index is 12.0. The monoisotopic (exact) mass is 282 g/mol. The van der Waals surface area contributed by atoms with Crippen molar-refractivity contribution in [2.45, 2.75) is 51.6 Å². The van der Waals surface area contributed by atoms with E-state index in [1.165, 1.54) is 0 Å². The molecule has 0 bridgehead atoms. The van der Waals surface area contributed by atoms with Gasteiger partial charge in [0.1, 0.15) is 0 Å². The molecule has 19 heavy (non-hydrogen) atoms. The quantitative estimate of drug-likeness (QED) is 0.843. The van der Waals surface area contributed by atoms with Gasteiger partial charge in [-0.1, -0.05) is 43.1 Å². The lowest BCUT2D eigenvalue weighted by atomic mass is 9.94.